The highest BCUT2D eigenvalue weighted by Gasteiger charge is 2.24. The Morgan fingerprint density at radius 2 is 1.03 bits per heavy atom. The molecule has 0 radical (unpaired) electrons. The fourth-order valence-electron chi connectivity index (χ4n) is 6.66. The molecule has 7 aromatic carbocycles. The topological polar surface area (TPSA) is 344 Å². The summed E-state index contributed by atoms with van der Waals surface area (Å²) in [5, 5.41) is 49.0. The van der Waals surface area contributed by atoms with Crippen molar-refractivity contribution >= 4 is 97.6 Å². The molecule has 0 aliphatic heterocycles. The second kappa shape index (κ2) is 19.2. The van der Waals surface area contributed by atoms with Crippen LogP contribution in [0.4, 0.5) is 39.8 Å². The minimum Gasteiger partial charge on any atom is -0.507 e. The summed E-state index contributed by atoms with van der Waals surface area (Å²) in [6.07, 6.45) is 0. The molecular formula is C43H35N7O16S3. The number of phenols is 2. The molecule has 0 aliphatic carbocycles. The molecule has 1 amide bonds. The highest BCUT2D eigenvalue weighted by molar-refractivity contribution is 7.87. The molecule has 0 saturated carbocycles. The minimum atomic E-state index is -5.05. The molecule has 7 rings (SSSR count). The van der Waals surface area contributed by atoms with Gasteiger partial charge in [-0.3, -0.25) is 18.5 Å². The Morgan fingerprint density at radius 3 is 1.54 bits per heavy atom. The van der Waals surface area contributed by atoms with E-state index < -0.39 is 62.4 Å². The van der Waals surface area contributed by atoms with Gasteiger partial charge in [-0.25, -0.2) is 0 Å². The van der Waals surface area contributed by atoms with E-state index in [0.29, 0.717) is 6.07 Å². The van der Waals surface area contributed by atoms with Crippen LogP contribution in [0.1, 0.15) is 10.4 Å². The Hall–Kier alpha value is -8.14. The van der Waals surface area contributed by atoms with Crippen molar-refractivity contribution in [1.82, 2.24) is 0 Å². The zero-order chi connectivity index (χ0) is 50.0. The quantitative estimate of drug-likeness (QED) is 0.0411. The van der Waals surface area contributed by atoms with E-state index >= 15 is 0 Å². The summed E-state index contributed by atoms with van der Waals surface area (Å²) in [6, 6.07) is 22.0. The Labute approximate surface area is 391 Å². The number of methoxy groups -OCH3 is 4. The number of nitrogens with zero attached hydrogens (tertiary/aromatic N) is 6. The average molecular weight is 1000 g/mol. The summed E-state index contributed by atoms with van der Waals surface area (Å²) in [5.74, 6) is -1.31. The first-order chi connectivity index (χ1) is 32.6. The molecule has 0 aliphatic rings. The van der Waals surface area contributed by atoms with E-state index in [9.17, 15) is 53.9 Å². The second-order valence-electron chi connectivity index (χ2n) is 14.2. The highest BCUT2D eigenvalue weighted by atomic mass is 32.2. The number of nitrogens with one attached hydrogen (secondary N) is 1. The van der Waals surface area contributed by atoms with Gasteiger partial charge in [0.2, 0.25) is 0 Å². The number of carbonyl (C=O) groups is 1. The Bertz CT molecular complexity index is 3680. The lowest BCUT2D eigenvalue weighted by Crippen LogP contribution is -2.11. The normalized spacial score (nSPS) is 12.3. The number of phenolic OH excluding ortho intramolecular Hbond substituents is 2. The number of aromatic hydroxyl groups is 2. The molecule has 0 heterocycles. The van der Waals surface area contributed by atoms with Crippen molar-refractivity contribution in [3.8, 4) is 34.5 Å². The minimum absolute atomic E-state index is 0.0172. The standard InChI is InChI=1S/C43H35N7O16S3/c1-63-35-19-31(36(64-2)18-30(35)46-45-25-10-9-22-14-26(67(54,55)56)17-39(29(22)16-25)68(57,58)59)47-48-32-20-38(66-4)33(21-37(32)65-3)49-50-41-40(69(60,61)62)15-23-13-24(11-12-27(23)42(41)52)44-43(53)28-7-5-6-8-34(28)51/h5-21,51-52H,1-4H3,(H,44,53)(H,54,55,56)(H,57,58,59)(H,60,61,62). The predicted octanol–water partition coefficient (Wildman–Crippen LogP) is 9.68. The molecule has 0 spiro atoms. The first-order valence-electron chi connectivity index (χ1n) is 19.3. The van der Waals surface area contributed by atoms with Crippen molar-refractivity contribution in [3.63, 3.8) is 0 Å². The maximum absolute atomic E-state index is 12.8. The summed E-state index contributed by atoms with van der Waals surface area (Å²) in [7, 11) is -9.57. The van der Waals surface area contributed by atoms with Crippen LogP contribution in [0.15, 0.2) is 149 Å². The number of amides is 1. The second-order valence-corrected chi connectivity index (χ2v) is 18.4. The molecule has 0 saturated heterocycles. The molecule has 6 N–H and O–H groups in total. The van der Waals surface area contributed by atoms with Gasteiger partial charge in [-0.2, -0.15) is 30.4 Å². The van der Waals surface area contributed by atoms with Crippen molar-refractivity contribution in [2.75, 3.05) is 33.8 Å². The van der Waals surface area contributed by atoms with Gasteiger partial charge >= 0.3 is 0 Å². The number of anilines is 1. The van der Waals surface area contributed by atoms with E-state index in [4.69, 9.17) is 18.9 Å². The first-order valence-corrected chi connectivity index (χ1v) is 23.6. The lowest BCUT2D eigenvalue weighted by atomic mass is 10.1. The van der Waals surface area contributed by atoms with Gasteiger partial charge in [-0.05, 0) is 71.4 Å². The molecule has 7 aromatic rings. The SMILES string of the molecule is COc1cc(N=Nc2cc(OC)c(N=Nc3c(S(=O)(=O)O)cc4cc(NC(=O)c5ccccc5O)ccc4c3O)cc2OC)c(OC)cc1N=Nc1ccc2cc(S(=O)(=O)O)cc(S(=O)(=O)O)c2c1. The molecule has 0 unspecified atom stereocenters. The predicted molar refractivity (Wildman–Crippen MR) is 247 cm³/mol. The zero-order valence-electron chi connectivity index (χ0n) is 35.9. The number of carbonyl (C=O) groups excluding carboxylic acids is 1. The Morgan fingerprint density at radius 1 is 0.507 bits per heavy atom. The van der Waals surface area contributed by atoms with E-state index in [-0.39, 0.29) is 90.0 Å². The maximum Gasteiger partial charge on any atom is 0.296 e. The number of para-hydroxylation sites is 1. The molecule has 26 heteroatoms. The van der Waals surface area contributed by atoms with Gasteiger partial charge in [-0.1, -0.05) is 18.2 Å². The van der Waals surface area contributed by atoms with Gasteiger partial charge < -0.3 is 34.5 Å². The third-order valence-electron chi connectivity index (χ3n) is 9.94. The fraction of sp³-hybridized carbons (Fsp3) is 0.0930. The van der Waals surface area contributed by atoms with Crippen LogP contribution >= 0.6 is 0 Å². The van der Waals surface area contributed by atoms with E-state index in [2.05, 4.69) is 36.0 Å². The van der Waals surface area contributed by atoms with Crippen LogP contribution in [0.5, 0.6) is 34.5 Å². The first kappa shape index (κ1) is 48.8. The third kappa shape index (κ3) is 10.5. The lowest BCUT2D eigenvalue weighted by Gasteiger charge is -2.12. The Kier molecular flexibility index (Phi) is 13.6. The molecule has 23 nitrogen and oxygen atoms in total. The fourth-order valence-corrected chi connectivity index (χ4v) is 8.67. The van der Waals surface area contributed by atoms with Crippen molar-refractivity contribution in [1.29, 1.82) is 0 Å². The van der Waals surface area contributed by atoms with Gasteiger partial charge in [0.1, 0.15) is 67.0 Å². The van der Waals surface area contributed by atoms with Crippen LogP contribution in [0.3, 0.4) is 0 Å². The number of rotatable bonds is 15. The van der Waals surface area contributed by atoms with E-state index in [1.807, 2.05) is 0 Å². The number of ether oxygens (including phenoxy) is 4. The van der Waals surface area contributed by atoms with Crippen LogP contribution in [-0.4, -0.2) is 83.5 Å². The van der Waals surface area contributed by atoms with Crippen molar-refractivity contribution in [2.45, 2.75) is 14.7 Å². The van der Waals surface area contributed by atoms with E-state index in [1.54, 1.807) is 6.07 Å². The van der Waals surface area contributed by atoms with Crippen LogP contribution in [0.25, 0.3) is 21.5 Å². The molecule has 0 atom stereocenters. The molecular weight excluding hydrogens is 967 g/mol. The van der Waals surface area contributed by atoms with Crippen LogP contribution < -0.4 is 24.3 Å². The molecule has 0 aromatic heterocycles. The van der Waals surface area contributed by atoms with Gasteiger partial charge in [0.05, 0.1) is 44.6 Å². The van der Waals surface area contributed by atoms with E-state index in [0.717, 1.165) is 12.1 Å². The molecule has 69 heavy (non-hydrogen) atoms. The lowest BCUT2D eigenvalue weighted by molar-refractivity contribution is 0.102. The summed E-state index contributed by atoms with van der Waals surface area (Å²) in [6.45, 7) is 0. The summed E-state index contributed by atoms with van der Waals surface area (Å²) >= 11 is 0. The number of azo groups is 3. The molecule has 0 fully saturated rings. The van der Waals surface area contributed by atoms with Crippen LogP contribution in [-0.2, 0) is 30.4 Å². The molecule has 356 valence electrons. The number of benzene rings is 7. The van der Waals surface area contributed by atoms with Crippen LogP contribution in [0, 0.1) is 0 Å². The van der Waals surface area contributed by atoms with E-state index in [1.165, 1.54) is 107 Å². The summed E-state index contributed by atoms with van der Waals surface area (Å²) in [4.78, 5) is 10.4. The van der Waals surface area contributed by atoms with Crippen molar-refractivity contribution in [2.24, 2.45) is 30.7 Å². The number of fused-ring (bicyclic) bond motifs is 2. The number of hydrogen-bond donors (Lipinski definition) is 6. The highest BCUT2D eigenvalue weighted by Crippen LogP contribution is 2.46. The van der Waals surface area contributed by atoms with Crippen molar-refractivity contribution in [3.05, 3.63) is 109 Å². The van der Waals surface area contributed by atoms with Gasteiger partial charge in [0, 0.05) is 40.7 Å². The van der Waals surface area contributed by atoms with Gasteiger partial charge in [0.15, 0.2) is 5.75 Å². The van der Waals surface area contributed by atoms with Crippen LogP contribution in [0.2, 0.25) is 0 Å². The zero-order valence-corrected chi connectivity index (χ0v) is 38.4. The third-order valence-corrected chi connectivity index (χ3v) is 12.5. The molecule has 0 bridgehead atoms. The smallest absolute Gasteiger partial charge is 0.296 e. The van der Waals surface area contributed by atoms with Gasteiger partial charge in [0.25, 0.3) is 36.3 Å². The summed E-state index contributed by atoms with van der Waals surface area (Å²) in [5.41, 5.74) is -0.165. The number of hydrogen-bond acceptors (Lipinski definition) is 19. The van der Waals surface area contributed by atoms with Crippen molar-refractivity contribution < 1.29 is 72.9 Å². The summed E-state index contributed by atoms with van der Waals surface area (Å²) < 4.78 is 125. The maximum atomic E-state index is 12.8. The largest absolute Gasteiger partial charge is 0.507 e. The average Bonchev–Trinajstić information content (AvgIpc) is 3.30. The van der Waals surface area contributed by atoms with Gasteiger partial charge in [-0.15, -0.1) is 25.6 Å². The monoisotopic (exact) mass is 1000 g/mol. The Balaban J connectivity index is 1.18.